The van der Waals surface area contributed by atoms with Gasteiger partial charge in [0.15, 0.2) is 0 Å². The minimum Gasteiger partial charge on any atom is -0.354 e. The zero-order valence-corrected chi connectivity index (χ0v) is 19.9. The number of nitrogens with one attached hydrogen (secondary N) is 1. The third-order valence-electron chi connectivity index (χ3n) is 3.73. The summed E-state index contributed by atoms with van der Waals surface area (Å²) in [4.78, 5) is 12.3. The summed E-state index contributed by atoms with van der Waals surface area (Å²) in [6, 6.07) is 9.91. The Bertz CT molecular complexity index is 987. The van der Waals surface area contributed by atoms with Gasteiger partial charge in [-0.3, -0.25) is 9.10 Å². The van der Waals surface area contributed by atoms with Crippen molar-refractivity contribution >= 4 is 79.8 Å². The van der Waals surface area contributed by atoms with Crippen LogP contribution in [0.25, 0.3) is 0 Å². The number of benzene rings is 2. The molecule has 2 aromatic rings. The maximum atomic E-state index is 12.3. The molecule has 5 nitrogen and oxygen atoms in total. The van der Waals surface area contributed by atoms with E-state index >= 15 is 0 Å². The summed E-state index contributed by atoms with van der Waals surface area (Å²) < 4.78 is 25.2. The van der Waals surface area contributed by atoms with Gasteiger partial charge in [0.25, 0.3) is 0 Å². The van der Waals surface area contributed by atoms with Gasteiger partial charge in [-0.1, -0.05) is 58.5 Å². The molecule has 2 aromatic carbocycles. The Morgan fingerprint density at radius 3 is 2.48 bits per heavy atom. The maximum Gasteiger partial charge on any atom is 0.240 e. The minimum atomic E-state index is -3.73. The van der Waals surface area contributed by atoms with Crippen molar-refractivity contribution in [1.82, 2.24) is 5.32 Å². The number of carbonyl (C=O) groups excluding carboxylic acids is 1. The molecular formula is C18H18Cl4N2O3S2. The number of hydrogen-bond donors (Lipinski definition) is 1. The molecule has 1 amide bonds. The van der Waals surface area contributed by atoms with Gasteiger partial charge in [0, 0.05) is 28.1 Å². The van der Waals surface area contributed by atoms with Crippen LogP contribution in [0.15, 0.2) is 36.4 Å². The van der Waals surface area contributed by atoms with Crippen molar-refractivity contribution in [3.05, 3.63) is 62.1 Å². The van der Waals surface area contributed by atoms with Gasteiger partial charge in [-0.05, 0) is 29.8 Å². The molecule has 0 aliphatic carbocycles. The predicted molar refractivity (Wildman–Crippen MR) is 124 cm³/mol. The van der Waals surface area contributed by atoms with Crippen LogP contribution in [-0.2, 0) is 20.6 Å². The molecule has 0 aliphatic rings. The van der Waals surface area contributed by atoms with Crippen molar-refractivity contribution in [2.24, 2.45) is 0 Å². The molecule has 1 N–H and O–H groups in total. The van der Waals surface area contributed by atoms with Crippen molar-refractivity contribution in [3.63, 3.8) is 0 Å². The number of amides is 1. The standard InChI is InChI=1S/C18H18Cl4N2O3S2/c1-29(26,27)24(16-4-2-3-14(20)18(16)22)10-17(25)23-7-8-28-11-12-5-6-13(19)9-15(12)21/h2-6,9H,7-8,10-11H2,1H3,(H,23,25). The third-order valence-corrected chi connectivity index (χ3v) is 7.26. The van der Waals surface area contributed by atoms with Crippen LogP contribution in [-0.4, -0.2) is 39.4 Å². The molecule has 2 rings (SSSR count). The van der Waals surface area contributed by atoms with Crippen LogP contribution in [0.1, 0.15) is 5.56 Å². The van der Waals surface area contributed by atoms with Crippen LogP contribution in [0.3, 0.4) is 0 Å². The first-order valence-corrected chi connectivity index (χ1v) is 12.8. The molecule has 0 unspecified atom stereocenters. The van der Waals surface area contributed by atoms with Crippen molar-refractivity contribution in [2.45, 2.75) is 5.75 Å². The molecule has 0 saturated carbocycles. The lowest BCUT2D eigenvalue weighted by molar-refractivity contribution is -0.119. The van der Waals surface area contributed by atoms with E-state index in [1.807, 2.05) is 6.07 Å². The predicted octanol–water partition coefficient (Wildman–Crippen LogP) is 5.12. The lowest BCUT2D eigenvalue weighted by Gasteiger charge is -2.23. The van der Waals surface area contributed by atoms with E-state index in [0.29, 0.717) is 28.1 Å². The normalized spacial score (nSPS) is 11.3. The van der Waals surface area contributed by atoms with Gasteiger partial charge in [-0.15, -0.1) is 0 Å². The Morgan fingerprint density at radius 1 is 1.10 bits per heavy atom. The van der Waals surface area contributed by atoms with Crippen LogP contribution in [0.2, 0.25) is 20.1 Å². The molecule has 0 atom stereocenters. The van der Waals surface area contributed by atoms with Crippen LogP contribution in [0.4, 0.5) is 5.69 Å². The number of anilines is 1. The lowest BCUT2D eigenvalue weighted by atomic mass is 10.2. The maximum absolute atomic E-state index is 12.3. The Morgan fingerprint density at radius 2 is 1.83 bits per heavy atom. The zero-order chi connectivity index (χ0) is 21.6. The molecule has 0 heterocycles. The van der Waals surface area contributed by atoms with E-state index in [2.05, 4.69) is 5.32 Å². The van der Waals surface area contributed by atoms with Crippen molar-refractivity contribution in [2.75, 3.05) is 29.4 Å². The highest BCUT2D eigenvalue weighted by atomic mass is 35.5. The summed E-state index contributed by atoms with van der Waals surface area (Å²) in [7, 11) is -3.73. The second-order valence-corrected chi connectivity index (χ2v) is 10.6. The number of hydrogen-bond acceptors (Lipinski definition) is 4. The summed E-state index contributed by atoms with van der Waals surface area (Å²) in [6.45, 7) is -0.0256. The topological polar surface area (TPSA) is 66.5 Å². The van der Waals surface area contributed by atoms with Crippen molar-refractivity contribution in [1.29, 1.82) is 0 Å². The molecule has 11 heteroatoms. The number of carbonyl (C=O) groups is 1. The van der Waals surface area contributed by atoms with Gasteiger partial charge in [-0.2, -0.15) is 11.8 Å². The first kappa shape index (κ1) is 24.4. The molecule has 0 aliphatic heterocycles. The largest absolute Gasteiger partial charge is 0.354 e. The average molecular weight is 516 g/mol. The summed E-state index contributed by atoms with van der Waals surface area (Å²) in [5, 5.41) is 4.15. The SMILES string of the molecule is CS(=O)(=O)N(CC(=O)NCCSCc1ccc(Cl)cc1Cl)c1cccc(Cl)c1Cl. The van der Waals surface area contributed by atoms with Gasteiger partial charge >= 0.3 is 0 Å². The van der Waals surface area contributed by atoms with Gasteiger partial charge in [0.2, 0.25) is 15.9 Å². The molecule has 29 heavy (non-hydrogen) atoms. The second kappa shape index (κ2) is 11.0. The van der Waals surface area contributed by atoms with E-state index in [-0.39, 0.29) is 15.7 Å². The molecule has 0 fully saturated rings. The zero-order valence-electron chi connectivity index (χ0n) is 15.3. The lowest BCUT2D eigenvalue weighted by Crippen LogP contribution is -2.41. The number of halogens is 4. The molecule has 158 valence electrons. The molecule has 0 saturated heterocycles. The third kappa shape index (κ3) is 7.42. The fraction of sp³-hybridized carbons (Fsp3) is 0.278. The van der Waals surface area contributed by atoms with Crippen LogP contribution in [0, 0.1) is 0 Å². The Balaban J connectivity index is 1.88. The Labute approximate surface area is 194 Å². The first-order valence-electron chi connectivity index (χ1n) is 8.29. The fourth-order valence-electron chi connectivity index (χ4n) is 2.34. The van der Waals surface area contributed by atoms with Gasteiger partial charge in [0.1, 0.15) is 6.54 Å². The molecular weight excluding hydrogens is 498 g/mol. The van der Waals surface area contributed by atoms with E-state index in [1.54, 1.807) is 30.0 Å². The monoisotopic (exact) mass is 514 g/mol. The summed E-state index contributed by atoms with van der Waals surface area (Å²) >= 11 is 25.6. The van der Waals surface area contributed by atoms with Gasteiger partial charge < -0.3 is 5.32 Å². The second-order valence-electron chi connectivity index (χ2n) is 5.98. The number of nitrogens with zero attached hydrogens (tertiary/aromatic N) is 1. The van der Waals surface area contributed by atoms with E-state index in [4.69, 9.17) is 46.4 Å². The van der Waals surface area contributed by atoms with E-state index in [1.165, 1.54) is 12.1 Å². The van der Waals surface area contributed by atoms with Crippen molar-refractivity contribution < 1.29 is 13.2 Å². The van der Waals surface area contributed by atoms with E-state index in [0.717, 1.165) is 16.1 Å². The number of sulfonamides is 1. The number of thioether (sulfide) groups is 1. The van der Waals surface area contributed by atoms with Gasteiger partial charge in [0.05, 0.1) is 22.0 Å². The van der Waals surface area contributed by atoms with Crippen LogP contribution >= 0.6 is 58.2 Å². The summed E-state index contributed by atoms with van der Waals surface area (Å²) in [6.07, 6.45) is 1.00. The smallest absolute Gasteiger partial charge is 0.240 e. The summed E-state index contributed by atoms with van der Waals surface area (Å²) in [5.74, 6) is 0.845. The van der Waals surface area contributed by atoms with Crippen LogP contribution in [0.5, 0.6) is 0 Å². The average Bonchev–Trinajstić information content (AvgIpc) is 2.63. The van der Waals surface area contributed by atoms with E-state index in [9.17, 15) is 13.2 Å². The molecule has 0 bridgehead atoms. The van der Waals surface area contributed by atoms with Gasteiger partial charge in [-0.25, -0.2) is 8.42 Å². The van der Waals surface area contributed by atoms with Crippen molar-refractivity contribution in [3.8, 4) is 0 Å². The molecule has 0 aromatic heterocycles. The highest BCUT2D eigenvalue weighted by Gasteiger charge is 2.23. The van der Waals surface area contributed by atoms with Crippen LogP contribution < -0.4 is 9.62 Å². The number of rotatable bonds is 9. The molecule has 0 radical (unpaired) electrons. The highest BCUT2D eigenvalue weighted by molar-refractivity contribution is 7.98. The minimum absolute atomic E-state index is 0.0720. The first-order chi connectivity index (χ1) is 13.6. The fourth-order valence-corrected chi connectivity index (χ4v) is 5.06. The Hall–Kier alpha value is -0.830. The highest BCUT2D eigenvalue weighted by Crippen LogP contribution is 2.33. The quantitative estimate of drug-likeness (QED) is 0.471. The molecule has 0 spiro atoms. The van der Waals surface area contributed by atoms with E-state index < -0.39 is 22.5 Å². The Kier molecular flexibility index (Phi) is 9.25. The summed E-state index contributed by atoms with van der Waals surface area (Å²) in [5.41, 5.74) is 1.11.